The molecular formula is C23H33NO3SSi. The quantitative estimate of drug-likeness (QED) is 0.410. The Balaban J connectivity index is 1.94. The number of aliphatic hydroxyl groups excluding tert-OH is 1. The van der Waals surface area contributed by atoms with Crippen LogP contribution in [0.1, 0.15) is 46.4 Å². The Bertz CT molecular complexity index is 835. The fourth-order valence-electron chi connectivity index (χ4n) is 2.57. The summed E-state index contributed by atoms with van der Waals surface area (Å²) in [5, 5.41) is 9.52. The van der Waals surface area contributed by atoms with E-state index in [1.165, 1.54) is 11.3 Å². The average Bonchev–Trinajstić information content (AvgIpc) is 3.08. The zero-order valence-electron chi connectivity index (χ0n) is 18.4. The fraction of sp³-hybridized carbons (Fsp3) is 0.435. The first-order valence-corrected chi connectivity index (χ1v) is 13.6. The molecule has 2 rings (SSSR count). The molecule has 0 unspecified atom stereocenters. The van der Waals surface area contributed by atoms with Crippen LogP contribution in [0.25, 0.3) is 12.2 Å². The summed E-state index contributed by atoms with van der Waals surface area (Å²) in [6, 6.07) is 10.2. The molecule has 158 valence electrons. The van der Waals surface area contributed by atoms with E-state index in [9.17, 15) is 9.90 Å². The standard InChI is InChI=1S/C23H33NO3SSi/c1-23(2,3)29(5,6)27-14-13-24(4)20-10-7-18(8-11-20)9-12-21-15-19(16-25)22(17-26)28-21/h7-12,15,17,25H,13-14,16H2,1-6H3/b12-9+. The van der Waals surface area contributed by atoms with E-state index in [0.29, 0.717) is 10.4 Å². The Morgan fingerprint density at radius 1 is 1.17 bits per heavy atom. The first-order chi connectivity index (χ1) is 13.6. The molecule has 1 aromatic heterocycles. The Labute approximate surface area is 180 Å². The minimum Gasteiger partial charge on any atom is -0.415 e. The monoisotopic (exact) mass is 431 g/mol. The first kappa shape index (κ1) is 23.5. The smallest absolute Gasteiger partial charge is 0.192 e. The van der Waals surface area contributed by atoms with Gasteiger partial charge in [0.25, 0.3) is 0 Å². The summed E-state index contributed by atoms with van der Waals surface area (Å²) in [4.78, 5) is 14.8. The molecule has 0 amide bonds. The van der Waals surface area contributed by atoms with Gasteiger partial charge in [-0.3, -0.25) is 4.79 Å². The van der Waals surface area contributed by atoms with Gasteiger partial charge < -0.3 is 14.4 Å². The highest BCUT2D eigenvalue weighted by atomic mass is 32.1. The average molecular weight is 432 g/mol. The van der Waals surface area contributed by atoms with Gasteiger partial charge in [-0.1, -0.05) is 39.0 Å². The van der Waals surface area contributed by atoms with Gasteiger partial charge in [0.1, 0.15) is 0 Å². The number of thiophene rings is 1. The molecular weight excluding hydrogens is 398 g/mol. The largest absolute Gasteiger partial charge is 0.415 e. The maximum atomic E-state index is 11.0. The third-order valence-corrected chi connectivity index (χ3v) is 11.2. The third kappa shape index (κ3) is 6.37. The molecule has 4 nitrogen and oxygen atoms in total. The highest BCUT2D eigenvalue weighted by Gasteiger charge is 2.36. The summed E-state index contributed by atoms with van der Waals surface area (Å²) >= 11 is 1.39. The number of hydrogen-bond donors (Lipinski definition) is 1. The lowest BCUT2D eigenvalue weighted by molar-refractivity contribution is 0.112. The minimum absolute atomic E-state index is 0.113. The summed E-state index contributed by atoms with van der Waals surface area (Å²) < 4.78 is 6.27. The maximum absolute atomic E-state index is 11.0. The summed E-state index contributed by atoms with van der Waals surface area (Å²) in [6.07, 6.45) is 4.79. The molecule has 6 heteroatoms. The van der Waals surface area contributed by atoms with Crippen LogP contribution in [0.2, 0.25) is 18.1 Å². The number of nitrogens with zero attached hydrogens (tertiary/aromatic N) is 1. The molecule has 1 N–H and O–H groups in total. The van der Waals surface area contributed by atoms with Crippen LogP contribution in [-0.4, -0.2) is 39.9 Å². The number of anilines is 1. The van der Waals surface area contributed by atoms with Crippen molar-refractivity contribution in [2.24, 2.45) is 0 Å². The minimum atomic E-state index is -1.70. The van der Waals surface area contributed by atoms with Crippen LogP contribution in [0, 0.1) is 0 Å². The van der Waals surface area contributed by atoms with E-state index in [0.717, 1.165) is 35.6 Å². The van der Waals surface area contributed by atoms with Crippen LogP contribution in [0.4, 0.5) is 5.69 Å². The molecule has 29 heavy (non-hydrogen) atoms. The lowest BCUT2D eigenvalue weighted by Gasteiger charge is -2.36. The van der Waals surface area contributed by atoms with Gasteiger partial charge in [0, 0.05) is 24.2 Å². The van der Waals surface area contributed by atoms with E-state index in [2.05, 4.69) is 70.1 Å². The predicted octanol–water partition coefficient (Wildman–Crippen LogP) is 5.68. The second kappa shape index (κ2) is 9.85. The Hall–Kier alpha value is -1.73. The van der Waals surface area contributed by atoms with Gasteiger partial charge in [-0.25, -0.2) is 0 Å². The van der Waals surface area contributed by atoms with Crippen molar-refractivity contribution < 1.29 is 14.3 Å². The number of benzene rings is 1. The molecule has 0 radical (unpaired) electrons. The van der Waals surface area contributed by atoms with Gasteiger partial charge in [-0.2, -0.15) is 0 Å². The predicted molar refractivity (Wildman–Crippen MR) is 127 cm³/mol. The molecule has 0 aliphatic rings. The van der Waals surface area contributed by atoms with Crippen molar-refractivity contribution in [3.8, 4) is 0 Å². The van der Waals surface area contributed by atoms with Gasteiger partial charge >= 0.3 is 0 Å². The van der Waals surface area contributed by atoms with Crippen LogP contribution >= 0.6 is 11.3 Å². The zero-order chi connectivity index (χ0) is 21.7. The van der Waals surface area contributed by atoms with Gasteiger partial charge in [0.15, 0.2) is 14.6 Å². The van der Waals surface area contributed by atoms with E-state index >= 15 is 0 Å². The molecule has 1 heterocycles. The van der Waals surface area contributed by atoms with Crippen LogP contribution in [0.15, 0.2) is 30.3 Å². The summed E-state index contributed by atoms with van der Waals surface area (Å²) in [7, 11) is 0.381. The molecule has 0 bridgehead atoms. The number of rotatable bonds is 9. The summed E-state index contributed by atoms with van der Waals surface area (Å²) in [6.45, 7) is 12.8. The van der Waals surface area contributed by atoms with Crippen LogP contribution in [0.5, 0.6) is 0 Å². The molecule has 1 aromatic carbocycles. The molecule has 0 spiro atoms. The SMILES string of the molecule is CN(CCO[Si](C)(C)C(C)(C)C)c1ccc(/C=C/c2cc(CO)c(C=O)s2)cc1. The fourth-order valence-corrected chi connectivity index (χ4v) is 4.50. The molecule has 0 aliphatic carbocycles. The number of carbonyl (C=O) groups excluding carboxylic acids is 1. The van der Waals surface area contributed by atoms with Crippen molar-refractivity contribution in [3.63, 3.8) is 0 Å². The lowest BCUT2D eigenvalue weighted by atomic mass is 10.1. The molecule has 2 aromatic rings. The summed E-state index contributed by atoms with van der Waals surface area (Å²) in [5.41, 5.74) is 2.93. The number of likely N-dealkylation sites (N-methyl/N-ethyl adjacent to an activating group) is 1. The van der Waals surface area contributed by atoms with E-state index < -0.39 is 8.32 Å². The highest BCUT2D eigenvalue weighted by Crippen LogP contribution is 2.36. The second-order valence-corrected chi connectivity index (χ2v) is 14.7. The molecule has 0 saturated carbocycles. The number of hydrogen-bond acceptors (Lipinski definition) is 5. The van der Waals surface area contributed by atoms with Crippen LogP contribution < -0.4 is 4.90 Å². The van der Waals surface area contributed by atoms with Gasteiger partial charge in [0.05, 0.1) is 18.1 Å². The topological polar surface area (TPSA) is 49.8 Å². The Morgan fingerprint density at radius 2 is 1.83 bits per heavy atom. The third-order valence-electron chi connectivity index (χ3n) is 5.61. The van der Waals surface area contributed by atoms with Crippen molar-refractivity contribution in [2.45, 2.75) is 45.5 Å². The van der Waals surface area contributed by atoms with Crippen molar-refractivity contribution >= 4 is 43.8 Å². The number of carbonyl (C=O) groups is 1. The van der Waals surface area contributed by atoms with E-state index in [1.807, 2.05) is 18.2 Å². The van der Waals surface area contributed by atoms with E-state index in [4.69, 9.17) is 4.43 Å². The molecule has 0 fully saturated rings. The highest BCUT2D eigenvalue weighted by molar-refractivity contribution is 7.14. The second-order valence-electron chi connectivity index (χ2n) is 8.77. The van der Waals surface area contributed by atoms with Crippen LogP contribution in [-0.2, 0) is 11.0 Å². The Morgan fingerprint density at radius 3 is 2.34 bits per heavy atom. The first-order valence-electron chi connectivity index (χ1n) is 9.89. The summed E-state index contributed by atoms with van der Waals surface area (Å²) in [5.74, 6) is 0. The van der Waals surface area contributed by atoms with E-state index in [-0.39, 0.29) is 11.6 Å². The van der Waals surface area contributed by atoms with Crippen molar-refractivity contribution in [1.29, 1.82) is 0 Å². The maximum Gasteiger partial charge on any atom is 0.192 e. The van der Waals surface area contributed by atoms with Crippen molar-refractivity contribution in [1.82, 2.24) is 0 Å². The van der Waals surface area contributed by atoms with Gasteiger partial charge in [-0.15, -0.1) is 11.3 Å². The van der Waals surface area contributed by atoms with Crippen LogP contribution in [0.3, 0.4) is 0 Å². The zero-order valence-corrected chi connectivity index (χ0v) is 20.2. The molecule has 0 saturated heterocycles. The van der Waals surface area contributed by atoms with E-state index in [1.54, 1.807) is 0 Å². The number of aldehydes is 1. The number of aliphatic hydroxyl groups is 1. The Kier molecular flexibility index (Phi) is 7.99. The molecule has 0 atom stereocenters. The lowest BCUT2D eigenvalue weighted by Crippen LogP contribution is -2.42. The van der Waals surface area contributed by atoms with Crippen molar-refractivity contribution in [2.75, 3.05) is 25.1 Å². The normalized spacial score (nSPS) is 12.5. The van der Waals surface area contributed by atoms with Gasteiger partial charge in [0.2, 0.25) is 0 Å². The van der Waals surface area contributed by atoms with Crippen molar-refractivity contribution in [3.05, 3.63) is 51.2 Å². The molecule has 0 aliphatic heterocycles. The van der Waals surface area contributed by atoms with Gasteiger partial charge in [-0.05, 0) is 53.5 Å².